The maximum Gasteiger partial charge on any atom is 0.257 e. The highest BCUT2D eigenvalue weighted by Crippen LogP contribution is 2.39. The number of aromatic nitrogens is 1. The monoisotopic (exact) mass is 411 g/mol. The van der Waals surface area contributed by atoms with E-state index in [0.29, 0.717) is 35.0 Å². The van der Waals surface area contributed by atoms with E-state index in [1.54, 1.807) is 43.5 Å². The lowest BCUT2D eigenvalue weighted by Crippen LogP contribution is -2.20. The van der Waals surface area contributed by atoms with Gasteiger partial charge in [0.25, 0.3) is 5.91 Å². The van der Waals surface area contributed by atoms with Crippen LogP contribution in [0.1, 0.15) is 33.3 Å². The number of hydrogen-bond donors (Lipinski definition) is 2. The largest absolute Gasteiger partial charge is 0.497 e. The number of fused-ring (bicyclic) bond motifs is 1. The van der Waals surface area contributed by atoms with E-state index in [-0.39, 0.29) is 17.5 Å². The number of thiazole rings is 1. The summed E-state index contributed by atoms with van der Waals surface area (Å²) in [7, 11) is 1.56. The second kappa shape index (κ2) is 8.00. The Labute approximate surface area is 170 Å². The number of carbonyl (C=O) groups excluding carboxylic acids is 2. The molecule has 2 amide bonds. The van der Waals surface area contributed by atoms with E-state index in [9.17, 15) is 14.0 Å². The van der Waals surface area contributed by atoms with Crippen LogP contribution >= 0.6 is 11.3 Å². The molecule has 3 aromatic rings. The lowest BCUT2D eigenvalue weighted by molar-refractivity contribution is -0.117. The molecule has 1 aliphatic rings. The van der Waals surface area contributed by atoms with E-state index >= 15 is 0 Å². The second-order valence-electron chi connectivity index (χ2n) is 6.57. The zero-order valence-electron chi connectivity index (χ0n) is 15.6. The lowest BCUT2D eigenvalue weighted by Gasteiger charge is -2.11. The van der Waals surface area contributed by atoms with Crippen LogP contribution in [0.25, 0.3) is 0 Å². The van der Waals surface area contributed by atoms with Gasteiger partial charge in [-0.25, -0.2) is 9.37 Å². The average Bonchev–Trinajstić information content (AvgIpc) is 3.29. The van der Waals surface area contributed by atoms with Gasteiger partial charge >= 0.3 is 0 Å². The van der Waals surface area contributed by atoms with Crippen LogP contribution in [-0.2, 0) is 11.2 Å². The van der Waals surface area contributed by atoms with Crippen molar-refractivity contribution >= 4 is 34.0 Å². The van der Waals surface area contributed by atoms with Crippen molar-refractivity contribution in [3.63, 3.8) is 0 Å². The van der Waals surface area contributed by atoms with Gasteiger partial charge in [-0.3, -0.25) is 14.9 Å². The smallest absolute Gasteiger partial charge is 0.257 e. The first-order valence-electron chi connectivity index (χ1n) is 9.05. The van der Waals surface area contributed by atoms with Crippen molar-refractivity contribution < 1.29 is 18.7 Å². The van der Waals surface area contributed by atoms with E-state index in [4.69, 9.17) is 4.74 Å². The van der Waals surface area contributed by atoms with Crippen LogP contribution < -0.4 is 15.4 Å². The Kier molecular flexibility index (Phi) is 5.26. The third-order valence-corrected chi connectivity index (χ3v) is 5.78. The van der Waals surface area contributed by atoms with Crippen LogP contribution in [0.3, 0.4) is 0 Å². The van der Waals surface area contributed by atoms with Crippen molar-refractivity contribution in [2.75, 3.05) is 17.7 Å². The standard InChI is InChI=1S/C21H18FN3O3S/c1-28-13-8-6-12(7-9-13)19(26)25-21-24-18-14(10-11-17(18)29-21)20(27)23-16-5-3-2-4-15(16)22/h2-9,14H,10-11H2,1H3,(H,23,27)(H,24,25,26)/t14-/m1/s1. The number of nitrogens with one attached hydrogen (secondary N) is 2. The van der Waals surface area contributed by atoms with Crippen molar-refractivity contribution in [3.05, 3.63) is 70.5 Å². The van der Waals surface area contributed by atoms with Crippen LogP contribution in [0.2, 0.25) is 0 Å². The summed E-state index contributed by atoms with van der Waals surface area (Å²) in [5.74, 6) is -0.865. The van der Waals surface area contributed by atoms with Gasteiger partial charge in [-0.15, -0.1) is 11.3 Å². The molecule has 1 atom stereocenters. The molecule has 2 N–H and O–H groups in total. The van der Waals surface area contributed by atoms with Gasteiger partial charge in [-0.1, -0.05) is 12.1 Å². The summed E-state index contributed by atoms with van der Waals surface area (Å²) in [6.45, 7) is 0. The Morgan fingerprint density at radius 2 is 1.90 bits per heavy atom. The second-order valence-corrected chi connectivity index (χ2v) is 7.65. The quantitative estimate of drug-likeness (QED) is 0.659. The van der Waals surface area contributed by atoms with E-state index in [1.165, 1.54) is 23.5 Å². The third-order valence-electron chi connectivity index (χ3n) is 4.74. The predicted molar refractivity (Wildman–Crippen MR) is 109 cm³/mol. The van der Waals surface area contributed by atoms with Crippen molar-refractivity contribution in [1.82, 2.24) is 4.98 Å². The number of rotatable bonds is 5. The van der Waals surface area contributed by atoms with Crippen LogP contribution in [0, 0.1) is 5.82 Å². The molecule has 29 heavy (non-hydrogen) atoms. The first-order chi connectivity index (χ1) is 14.0. The summed E-state index contributed by atoms with van der Waals surface area (Å²) in [6.07, 6.45) is 1.31. The molecule has 1 aromatic heterocycles. The molecule has 0 unspecified atom stereocenters. The number of amides is 2. The molecular formula is C21H18FN3O3S. The number of ether oxygens (including phenoxy) is 1. The Balaban J connectivity index is 1.46. The van der Waals surface area contributed by atoms with Gasteiger partial charge in [0.1, 0.15) is 11.6 Å². The highest BCUT2D eigenvalue weighted by atomic mass is 32.1. The fourth-order valence-electron chi connectivity index (χ4n) is 3.23. The number of halogens is 1. The molecule has 0 aliphatic heterocycles. The summed E-state index contributed by atoms with van der Waals surface area (Å²) in [4.78, 5) is 30.5. The van der Waals surface area contributed by atoms with Crippen LogP contribution in [-0.4, -0.2) is 23.9 Å². The van der Waals surface area contributed by atoms with E-state index in [0.717, 1.165) is 4.88 Å². The molecule has 148 valence electrons. The van der Waals surface area contributed by atoms with Gasteiger partial charge in [0, 0.05) is 10.4 Å². The number of para-hydroxylation sites is 1. The zero-order chi connectivity index (χ0) is 20.4. The maximum atomic E-state index is 13.8. The maximum absolute atomic E-state index is 13.8. The summed E-state index contributed by atoms with van der Waals surface area (Å²) >= 11 is 1.36. The van der Waals surface area contributed by atoms with E-state index in [2.05, 4.69) is 15.6 Å². The van der Waals surface area contributed by atoms with E-state index < -0.39 is 11.7 Å². The van der Waals surface area contributed by atoms with Crippen LogP contribution in [0.15, 0.2) is 48.5 Å². The van der Waals surface area contributed by atoms with Crippen molar-refractivity contribution in [2.45, 2.75) is 18.8 Å². The molecule has 0 bridgehead atoms. The molecule has 0 saturated heterocycles. The van der Waals surface area contributed by atoms with Gasteiger partial charge in [0.15, 0.2) is 5.13 Å². The zero-order valence-corrected chi connectivity index (χ0v) is 16.4. The Hall–Kier alpha value is -3.26. The molecule has 0 radical (unpaired) electrons. The number of nitrogens with zero attached hydrogens (tertiary/aromatic N) is 1. The molecule has 1 heterocycles. The molecule has 2 aromatic carbocycles. The number of hydrogen-bond acceptors (Lipinski definition) is 5. The minimum Gasteiger partial charge on any atom is -0.497 e. The SMILES string of the molecule is COc1ccc(C(=O)Nc2nc3c(s2)CC[C@H]3C(=O)Nc2ccccc2F)cc1. The van der Waals surface area contributed by atoms with Crippen molar-refractivity contribution in [1.29, 1.82) is 0 Å². The molecule has 4 rings (SSSR count). The minimum absolute atomic E-state index is 0.147. The van der Waals surface area contributed by atoms with Crippen LogP contribution in [0.5, 0.6) is 5.75 Å². The fraction of sp³-hybridized carbons (Fsp3) is 0.190. The van der Waals surface area contributed by atoms with Gasteiger partial charge in [0.05, 0.1) is 24.4 Å². The normalized spacial score (nSPS) is 14.9. The van der Waals surface area contributed by atoms with Gasteiger partial charge < -0.3 is 10.1 Å². The van der Waals surface area contributed by atoms with Gasteiger partial charge in [-0.05, 0) is 49.2 Å². The van der Waals surface area contributed by atoms with Gasteiger partial charge in [0.2, 0.25) is 5.91 Å². The molecule has 0 saturated carbocycles. The average molecular weight is 411 g/mol. The summed E-state index contributed by atoms with van der Waals surface area (Å²) < 4.78 is 18.9. The Bertz CT molecular complexity index is 1070. The number of anilines is 2. The van der Waals surface area contributed by atoms with Gasteiger partial charge in [-0.2, -0.15) is 0 Å². The van der Waals surface area contributed by atoms with Crippen LogP contribution in [0.4, 0.5) is 15.2 Å². The Morgan fingerprint density at radius 1 is 1.14 bits per heavy atom. The molecule has 0 fully saturated rings. The number of methoxy groups -OCH3 is 1. The molecule has 0 spiro atoms. The highest BCUT2D eigenvalue weighted by Gasteiger charge is 2.33. The predicted octanol–water partition coefficient (Wildman–Crippen LogP) is 4.21. The van der Waals surface area contributed by atoms with Crippen molar-refractivity contribution in [3.8, 4) is 5.75 Å². The third kappa shape index (κ3) is 3.97. The minimum atomic E-state index is -0.482. The lowest BCUT2D eigenvalue weighted by atomic mass is 10.1. The molecule has 6 nitrogen and oxygen atoms in total. The Morgan fingerprint density at radius 3 is 2.62 bits per heavy atom. The fourth-order valence-corrected chi connectivity index (χ4v) is 4.26. The number of aryl methyl sites for hydroxylation is 1. The van der Waals surface area contributed by atoms with E-state index in [1.807, 2.05) is 0 Å². The highest BCUT2D eigenvalue weighted by molar-refractivity contribution is 7.16. The summed E-state index contributed by atoms with van der Waals surface area (Å²) in [5.41, 5.74) is 1.28. The first-order valence-corrected chi connectivity index (χ1v) is 9.87. The van der Waals surface area contributed by atoms with Crippen molar-refractivity contribution in [2.24, 2.45) is 0 Å². The summed E-state index contributed by atoms with van der Waals surface area (Å²) in [6, 6.07) is 12.8. The molecule has 8 heteroatoms. The topological polar surface area (TPSA) is 80.3 Å². The summed E-state index contributed by atoms with van der Waals surface area (Å²) in [5, 5.41) is 5.85. The number of benzene rings is 2. The molecule has 1 aliphatic carbocycles. The molecular weight excluding hydrogens is 393 g/mol. The first kappa shape index (κ1) is 19.1. The number of carbonyl (C=O) groups is 2.